The Morgan fingerprint density at radius 2 is 1.81 bits per heavy atom. The minimum Gasteiger partial charge on any atom is -0.441 e. The number of nitrogens with zero attached hydrogens (tertiary/aromatic N) is 1. The lowest BCUT2D eigenvalue weighted by Gasteiger charge is -2.15. The summed E-state index contributed by atoms with van der Waals surface area (Å²) in [6, 6.07) is 16.6. The summed E-state index contributed by atoms with van der Waals surface area (Å²) in [4.78, 5) is 12.3. The highest BCUT2D eigenvalue weighted by atomic mass is 79.9. The van der Waals surface area contributed by atoms with Gasteiger partial charge in [0.05, 0.1) is 5.56 Å². The van der Waals surface area contributed by atoms with E-state index < -0.39 is 18.0 Å². The number of carbonyl (C=O) groups is 1. The second kappa shape index (κ2) is 7.74. The lowest BCUT2D eigenvalue weighted by molar-refractivity contribution is 0.121. The second-order valence-corrected chi connectivity index (χ2v) is 6.82. The molecule has 6 heteroatoms. The molecule has 0 spiro atoms. The SMILES string of the molecule is C[C@@H](OC(=O)Nc1c(-c2ccc(Br)cc2)c(F)cn1C)c1ccccc1. The largest absolute Gasteiger partial charge is 0.441 e. The van der Waals surface area contributed by atoms with E-state index >= 15 is 0 Å². The molecule has 0 aliphatic rings. The van der Waals surface area contributed by atoms with Crippen molar-refractivity contribution in [1.29, 1.82) is 0 Å². The molecule has 1 N–H and O–H groups in total. The van der Waals surface area contributed by atoms with Gasteiger partial charge in [0.1, 0.15) is 11.9 Å². The highest BCUT2D eigenvalue weighted by Crippen LogP contribution is 2.33. The van der Waals surface area contributed by atoms with E-state index in [2.05, 4.69) is 21.2 Å². The quantitative estimate of drug-likeness (QED) is 0.574. The Balaban J connectivity index is 1.81. The van der Waals surface area contributed by atoms with Gasteiger partial charge in [-0.1, -0.05) is 58.4 Å². The summed E-state index contributed by atoms with van der Waals surface area (Å²) in [6.45, 7) is 1.79. The zero-order valence-electron chi connectivity index (χ0n) is 14.4. The number of benzene rings is 2. The Morgan fingerprint density at radius 1 is 1.15 bits per heavy atom. The summed E-state index contributed by atoms with van der Waals surface area (Å²) in [5.74, 6) is -0.0729. The molecule has 134 valence electrons. The van der Waals surface area contributed by atoms with Gasteiger partial charge in [-0.2, -0.15) is 0 Å². The zero-order valence-corrected chi connectivity index (χ0v) is 16.0. The van der Waals surface area contributed by atoms with Gasteiger partial charge in [-0.3, -0.25) is 5.32 Å². The molecule has 0 saturated heterocycles. The summed E-state index contributed by atoms with van der Waals surface area (Å²) < 4.78 is 22.3. The number of anilines is 1. The summed E-state index contributed by atoms with van der Waals surface area (Å²) in [7, 11) is 1.67. The van der Waals surface area contributed by atoms with Crippen LogP contribution in [0.15, 0.2) is 65.3 Å². The molecule has 4 nitrogen and oxygen atoms in total. The van der Waals surface area contributed by atoms with Crippen molar-refractivity contribution < 1.29 is 13.9 Å². The predicted octanol–water partition coefficient (Wildman–Crippen LogP) is 5.90. The van der Waals surface area contributed by atoms with Crippen LogP contribution in [0.25, 0.3) is 11.1 Å². The fourth-order valence-electron chi connectivity index (χ4n) is 2.71. The van der Waals surface area contributed by atoms with Gasteiger partial charge in [-0.25, -0.2) is 9.18 Å². The van der Waals surface area contributed by atoms with E-state index in [1.54, 1.807) is 26.1 Å². The van der Waals surface area contributed by atoms with Crippen molar-refractivity contribution >= 4 is 27.8 Å². The summed E-state index contributed by atoms with van der Waals surface area (Å²) in [6.07, 6.45) is 0.270. The van der Waals surface area contributed by atoms with Crippen LogP contribution in [0.4, 0.5) is 15.0 Å². The van der Waals surface area contributed by atoms with Gasteiger partial charge in [0.2, 0.25) is 0 Å². The van der Waals surface area contributed by atoms with E-state index in [9.17, 15) is 9.18 Å². The maximum Gasteiger partial charge on any atom is 0.413 e. The van der Waals surface area contributed by atoms with Gasteiger partial charge < -0.3 is 9.30 Å². The topological polar surface area (TPSA) is 43.3 Å². The zero-order chi connectivity index (χ0) is 18.7. The minimum absolute atomic E-state index is 0.323. The molecule has 0 bridgehead atoms. The first-order valence-electron chi connectivity index (χ1n) is 8.09. The summed E-state index contributed by atoms with van der Waals surface area (Å²) in [5, 5.41) is 2.66. The minimum atomic E-state index is -0.638. The molecule has 1 amide bonds. The van der Waals surface area contributed by atoms with Crippen molar-refractivity contribution in [2.75, 3.05) is 5.32 Å². The molecular formula is C20H18BrFN2O2. The van der Waals surface area contributed by atoms with Gasteiger partial charge in [-0.05, 0) is 30.2 Å². The summed E-state index contributed by atoms with van der Waals surface area (Å²) in [5.41, 5.74) is 1.87. The summed E-state index contributed by atoms with van der Waals surface area (Å²) >= 11 is 3.36. The number of amides is 1. The van der Waals surface area contributed by atoms with Crippen LogP contribution in [0.3, 0.4) is 0 Å². The number of hydrogen-bond acceptors (Lipinski definition) is 2. The van der Waals surface area contributed by atoms with Crippen LogP contribution in [0.1, 0.15) is 18.6 Å². The molecule has 0 aliphatic heterocycles. The molecule has 1 heterocycles. The van der Waals surface area contributed by atoms with Crippen LogP contribution in [-0.4, -0.2) is 10.7 Å². The molecule has 1 atom stereocenters. The number of nitrogens with one attached hydrogen (secondary N) is 1. The number of carbonyl (C=O) groups excluding carboxylic acids is 1. The van der Waals surface area contributed by atoms with Crippen LogP contribution >= 0.6 is 15.9 Å². The monoisotopic (exact) mass is 416 g/mol. The molecule has 0 fully saturated rings. The van der Waals surface area contributed by atoms with Crippen LogP contribution in [0, 0.1) is 5.82 Å². The van der Waals surface area contributed by atoms with Gasteiger partial charge >= 0.3 is 6.09 Å². The van der Waals surface area contributed by atoms with E-state index in [-0.39, 0.29) is 0 Å². The second-order valence-electron chi connectivity index (χ2n) is 5.90. The number of aromatic nitrogens is 1. The molecule has 1 aromatic heterocycles. The first kappa shape index (κ1) is 18.2. The maximum absolute atomic E-state index is 14.4. The molecule has 3 aromatic rings. The number of hydrogen-bond donors (Lipinski definition) is 1. The van der Waals surface area contributed by atoms with Gasteiger partial charge in [0.15, 0.2) is 5.82 Å². The Hall–Kier alpha value is -2.60. The molecule has 0 saturated carbocycles. The van der Waals surface area contributed by atoms with E-state index in [0.29, 0.717) is 16.9 Å². The fraction of sp³-hybridized carbons (Fsp3) is 0.150. The van der Waals surface area contributed by atoms with E-state index in [4.69, 9.17) is 4.74 Å². The van der Waals surface area contributed by atoms with E-state index in [1.807, 2.05) is 42.5 Å². The number of ether oxygens (including phenoxy) is 1. The first-order chi connectivity index (χ1) is 12.5. The van der Waals surface area contributed by atoms with E-state index in [0.717, 1.165) is 10.0 Å². The maximum atomic E-state index is 14.4. The van der Waals surface area contributed by atoms with Crippen molar-refractivity contribution in [3.8, 4) is 11.1 Å². The lowest BCUT2D eigenvalue weighted by atomic mass is 10.1. The highest BCUT2D eigenvalue weighted by molar-refractivity contribution is 9.10. The Kier molecular flexibility index (Phi) is 5.42. The first-order valence-corrected chi connectivity index (χ1v) is 8.88. The highest BCUT2D eigenvalue weighted by Gasteiger charge is 2.20. The normalized spacial score (nSPS) is 11.8. The molecule has 0 radical (unpaired) electrons. The van der Waals surface area contributed by atoms with Crippen LogP contribution in [0.5, 0.6) is 0 Å². The molecule has 26 heavy (non-hydrogen) atoms. The van der Waals surface area contributed by atoms with Gasteiger partial charge in [-0.15, -0.1) is 0 Å². The number of rotatable bonds is 4. The number of aryl methyl sites for hydroxylation is 1. The Labute approximate surface area is 159 Å². The fourth-order valence-corrected chi connectivity index (χ4v) is 2.97. The molecule has 0 unspecified atom stereocenters. The Bertz CT molecular complexity index is 908. The van der Waals surface area contributed by atoms with Gasteiger partial charge in [0, 0.05) is 17.7 Å². The molecular weight excluding hydrogens is 399 g/mol. The molecule has 0 aliphatic carbocycles. The van der Waals surface area contributed by atoms with Crippen molar-refractivity contribution in [1.82, 2.24) is 4.57 Å². The predicted molar refractivity (Wildman–Crippen MR) is 103 cm³/mol. The van der Waals surface area contributed by atoms with E-state index in [1.165, 1.54) is 10.8 Å². The van der Waals surface area contributed by atoms with Gasteiger partial charge in [0.25, 0.3) is 0 Å². The third kappa shape index (κ3) is 3.96. The van der Waals surface area contributed by atoms with Crippen LogP contribution < -0.4 is 5.32 Å². The molecule has 3 rings (SSSR count). The van der Waals surface area contributed by atoms with Crippen LogP contribution in [-0.2, 0) is 11.8 Å². The lowest BCUT2D eigenvalue weighted by Crippen LogP contribution is -2.18. The van der Waals surface area contributed by atoms with Crippen molar-refractivity contribution in [3.05, 3.63) is 76.6 Å². The van der Waals surface area contributed by atoms with Crippen molar-refractivity contribution in [2.45, 2.75) is 13.0 Å². The smallest absolute Gasteiger partial charge is 0.413 e. The van der Waals surface area contributed by atoms with Crippen molar-refractivity contribution in [2.24, 2.45) is 7.05 Å². The molecule has 2 aromatic carbocycles. The third-order valence-electron chi connectivity index (χ3n) is 4.04. The van der Waals surface area contributed by atoms with Crippen LogP contribution in [0.2, 0.25) is 0 Å². The standard InChI is InChI=1S/C20H18BrFN2O2/c1-13(14-6-4-3-5-7-14)26-20(25)23-19-18(17(22)12-24(19)2)15-8-10-16(21)11-9-15/h3-13H,1-2H3,(H,23,25)/t13-/m1/s1. The Morgan fingerprint density at radius 3 is 2.46 bits per heavy atom. The third-order valence-corrected chi connectivity index (χ3v) is 4.57. The van der Waals surface area contributed by atoms with Crippen molar-refractivity contribution in [3.63, 3.8) is 0 Å². The average molecular weight is 417 g/mol. The number of halogens is 2. The average Bonchev–Trinajstić information content (AvgIpc) is 2.90.